The van der Waals surface area contributed by atoms with E-state index < -0.39 is 18.0 Å². The van der Waals surface area contributed by atoms with Gasteiger partial charge in [-0.2, -0.15) is 0 Å². The minimum Gasteiger partial charge on any atom is -0.510 e. The zero-order valence-electron chi connectivity index (χ0n) is 19.9. The van der Waals surface area contributed by atoms with Crippen molar-refractivity contribution in [2.75, 3.05) is 14.2 Å². The van der Waals surface area contributed by atoms with Crippen molar-refractivity contribution in [2.24, 2.45) is 0 Å². The van der Waals surface area contributed by atoms with Crippen LogP contribution in [0.4, 0.5) is 0 Å². The van der Waals surface area contributed by atoms with Crippen LogP contribution in [-0.2, 0) is 16.0 Å². The van der Waals surface area contributed by atoms with Crippen molar-refractivity contribution in [1.82, 2.24) is 4.98 Å². The third-order valence-corrected chi connectivity index (χ3v) is 7.10. The number of carboxylic acids is 1. The first kappa shape index (κ1) is 25.1. The Balaban J connectivity index is 1.91. The maximum Gasteiger partial charge on any atom is 0.312 e. The van der Waals surface area contributed by atoms with Gasteiger partial charge in [0.1, 0.15) is 23.4 Å². The van der Waals surface area contributed by atoms with Crippen molar-refractivity contribution in [1.29, 1.82) is 0 Å². The van der Waals surface area contributed by atoms with Gasteiger partial charge < -0.3 is 24.4 Å². The molecule has 1 saturated carbocycles. The molecule has 0 bridgehead atoms. The molecule has 0 aliphatic heterocycles. The number of aromatic nitrogens is 1. The van der Waals surface area contributed by atoms with E-state index in [1.54, 1.807) is 27.2 Å². The predicted octanol–water partition coefficient (Wildman–Crippen LogP) is 5.43. The molecule has 1 heterocycles. The average Bonchev–Trinajstić information content (AvgIpc) is 3.43. The summed E-state index contributed by atoms with van der Waals surface area (Å²) in [7, 11) is 3.20. The molecule has 33 heavy (non-hydrogen) atoms. The molecule has 8 heteroatoms. The minimum atomic E-state index is -0.904. The number of carboxylic acid groups (broad SMARTS) is 1. The average molecular weight is 476 g/mol. The minimum absolute atomic E-state index is 0.0890. The molecular formula is C25H33NO6S. The Morgan fingerprint density at radius 2 is 1.79 bits per heavy atom. The molecule has 0 unspecified atom stereocenters. The summed E-state index contributed by atoms with van der Waals surface area (Å²) in [6, 6.07) is 3.70. The Kier molecular flexibility index (Phi) is 8.37. The van der Waals surface area contributed by atoms with Crippen LogP contribution in [0.3, 0.4) is 0 Å². The summed E-state index contributed by atoms with van der Waals surface area (Å²) in [5.74, 6) is -0.149. The van der Waals surface area contributed by atoms with Crippen LogP contribution in [0.2, 0.25) is 0 Å². The molecule has 1 aromatic carbocycles. The second-order valence-corrected chi connectivity index (χ2v) is 9.75. The summed E-state index contributed by atoms with van der Waals surface area (Å²) in [5.41, 5.74) is 2.19. The quantitative estimate of drug-likeness (QED) is 0.442. The van der Waals surface area contributed by atoms with Gasteiger partial charge in [0.15, 0.2) is 0 Å². The highest BCUT2D eigenvalue weighted by Gasteiger charge is 2.27. The molecule has 0 radical (unpaired) electrons. The number of aliphatic hydroxyl groups excluding tert-OH is 1. The first-order chi connectivity index (χ1) is 15.7. The lowest BCUT2D eigenvalue weighted by molar-refractivity contribution is -0.138. The third-order valence-electron chi connectivity index (χ3n) is 6.10. The fourth-order valence-corrected chi connectivity index (χ4v) is 5.22. The highest BCUT2D eigenvalue weighted by molar-refractivity contribution is 7.11. The van der Waals surface area contributed by atoms with E-state index in [0.717, 1.165) is 46.7 Å². The summed E-state index contributed by atoms with van der Waals surface area (Å²) in [6.45, 7) is 5.43. The molecule has 2 atom stereocenters. The standard InChI is InChI=1S/C25H33NO6S/c1-14-20(30-4)11-17(12-21(14)31-5)10-19(27)22(32-18-8-6-7-9-18)13-23-26-24(16(3)33-23)15(2)25(28)29/h10-12,15,18,22,27H,6-9,13H2,1-5H3,(H,28,29)/t15-,22+/m1/s1. The normalized spacial score (nSPS) is 16.6. The van der Waals surface area contributed by atoms with Crippen molar-refractivity contribution < 1.29 is 29.2 Å². The van der Waals surface area contributed by atoms with E-state index in [2.05, 4.69) is 4.98 Å². The van der Waals surface area contributed by atoms with Gasteiger partial charge in [0.05, 0.1) is 36.9 Å². The van der Waals surface area contributed by atoms with Crippen LogP contribution in [0.1, 0.15) is 65.2 Å². The van der Waals surface area contributed by atoms with E-state index in [4.69, 9.17) is 14.2 Å². The second kappa shape index (κ2) is 11.0. The van der Waals surface area contributed by atoms with Crippen molar-refractivity contribution in [3.05, 3.63) is 44.6 Å². The van der Waals surface area contributed by atoms with Crippen LogP contribution in [-0.4, -0.2) is 47.6 Å². The van der Waals surface area contributed by atoms with E-state index in [1.165, 1.54) is 11.3 Å². The molecule has 1 aliphatic rings. The van der Waals surface area contributed by atoms with Crippen LogP contribution < -0.4 is 9.47 Å². The van der Waals surface area contributed by atoms with Gasteiger partial charge in [0, 0.05) is 16.9 Å². The van der Waals surface area contributed by atoms with E-state index in [-0.39, 0.29) is 11.9 Å². The summed E-state index contributed by atoms with van der Waals surface area (Å²) in [4.78, 5) is 16.9. The summed E-state index contributed by atoms with van der Waals surface area (Å²) >= 11 is 1.45. The zero-order chi connectivity index (χ0) is 24.1. The SMILES string of the molecule is COc1cc(C=C(O)[C@H](Cc2nc([C@@H](C)C(=O)O)c(C)s2)OC2CCCC2)cc(OC)c1C. The first-order valence-electron chi connectivity index (χ1n) is 11.2. The van der Waals surface area contributed by atoms with Gasteiger partial charge in [-0.25, -0.2) is 4.98 Å². The molecule has 2 N–H and O–H groups in total. The van der Waals surface area contributed by atoms with E-state index in [0.29, 0.717) is 23.6 Å². The Labute approximate surface area is 199 Å². The number of aliphatic carboxylic acids is 1. The number of rotatable bonds is 10. The van der Waals surface area contributed by atoms with E-state index in [1.807, 2.05) is 26.0 Å². The van der Waals surface area contributed by atoms with Crippen molar-refractivity contribution in [3.63, 3.8) is 0 Å². The molecule has 2 aromatic rings. The molecule has 0 saturated heterocycles. The Hall–Kier alpha value is -2.58. The smallest absolute Gasteiger partial charge is 0.312 e. The zero-order valence-corrected chi connectivity index (χ0v) is 20.7. The van der Waals surface area contributed by atoms with Crippen LogP contribution in [0.25, 0.3) is 6.08 Å². The number of aryl methyl sites for hydroxylation is 1. The molecule has 180 valence electrons. The molecule has 3 rings (SSSR count). The Morgan fingerprint density at radius 1 is 1.18 bits per heavy atom. The van der Waals surface area contributed by atoms with Gasteiger partial charge in [-0.1, -0.05) is 12.8 Å². The lowest BCUT2D eigenvalue weighted by Crippen LogP contribution is -2.24. The molecule has 1 aliphatic carbocycles. The summed E-state index contributed by atoms with van der Waals surface area (Å²) < 4.78 is 17.2. The highest BCUT2D eigenvalue weighted by Crippen LogP contribution is 2.32. The largest absolute Gasteiger partial charge is 0.510 e. The van der Waals surface area contributed by atoms with Gasteiger partial charge in [-0.15, -0.1) is 11.3 Å². The molecule has 7 nitrogen and oxygen atoms in total. The number of hydrogen-bond donors (Lipinski definition) is 2. The molecule has 1 aromatic heterocycles. The first-order valence-corrected chi connectivity index (χ1v) is 12.0. The highest BCUT2D eigenvalue weighted by atomic mass is 32.1. The lowest BCUT2D eigenvalue weighted by Gasteiger charge is -2.21. The maximum absolute atomic E-state index is 11.4. The van der Waals surface area contributed by atoms with E-state index >= 15 is 0 Å². The Morgan fingerprint density at radius 3 is 2.33 bits per heavy atom. The lowest BCUT2D eigenvalue weighted by atomic mass is 10.1. The number of hydrogen-bond acceptors (Lipinski definition) is 7. The number of carbonyl (C=O) groups is 1. The Bertz CT molecular complexity index is 983. The van der Waals surface area contributed by atoms with Crippen molar-refractivity contribution in [3.8, 4) is 11.5 Å². The summed E-state index contributed by atoms with van der Waals surface area (Å²) in [5, 5.41) is 21.2. The van der Waals surface area contributed by atoms with Gasteiger partial charge in [-0.05, 0) is 57.4 Å². The molecule has 0 spiro atoms. The van der Waals surface area contributed by atoms with Gasteiger partial charge in [0.25, 0.3) is 0 Å². The number of nitrogens with zero attached hydrogens (tertiary/aromatic N) is 1. The molecule has 0 amide bonds. The second-order valence-electron chi connectivity index (χ2n) is 8.46. The molecule has 1 fully saturated rings. The molecular weight excluding hydrogens is 442 g/mol. The van der Waals surface area contributed by atoms with Crippen LogP contribution in [0.5, 0.6) is 11.5 Å². The van der Waals surface area contributed by atoms with E-state index in [9.17, 15) is 15.0 Å². The van der Waals surface area contributed by atoms with Crippen LogP contribution >= 0.6 is 11.3 Å². The fourth-order valence-electron chi connectivity index (χ4n) is 4.16. The van der Waals surface area contributed by atoms with Gasteiger partial charge >= 0.3 is 5.97 Å². The van der Waals surface area contributed by atoms with Crippen molar-refractivity contribution in [2.45, 2.75) is 71.0 Å². The third kappa shape index (κ3) is 6.06. The number of thiazole rings is 1. The topological polar surface area (TPSA) is 98.1 Å². The monoisotopic (exact) mass is 475 g/mol. The number of methoxy groups -OCH3 is 2. The van der Waals surface area contributed by atoms with Gasteiger partial charge in [0.2, 0.25) is 0 Å². The number of aliphatic hydroxyl groups is 1. The van der Waals surface area contributed by atoms with Gasteiger partial charge in [-0.3, -0.25) is 4.79 Å². The van der Waals surface area contributed by atoms with Crippen molar-refractivity contribution >= 4 is 23.4 Å². The maximum atomic E-state index is 11.4. The number of ether oxygens (including phenoxy) is 3. The predicted molar refractivity (Wildman–Crippen MR) is 129 cm³/mol. The van der Waals surface area contributed by atoms with Crippen LogP contribution in [0, 0.1) is 13.8 Å². The summed E-state index contributed by atoms with van der Waals surface area (Å²) in [6.07, 6.45) is 5.72. The fraction of sp³-hybridized carbons (Fsp3) is 0.520. The number of benzene rings is 1. The van der Waals surface area contributed by atoms with Crippen LogP contribution in [0.15, 0.2) is 17.9 Å².